The Bertz CT molecular complexity index is 3040. The number of benzene rings is 5. The van der Waals surface area contributed by atoms with E-state index in [1.807, 2.05) is 114 Å². The van der Waals surface area contributed by atoms with Crippen molar-refractivity contribution < 1.29 is 45.9 Å². The Morgan fingerprint density at radius 1 is 0.632 bits per heavy atom. The average Bonchev–Trinajstić information content (AvgIpc) is 3.90. The first-order valence-electron chi connectivity index (χ1n) is 25.5. The normalized spacial score (nSPS) is 15.3. The van der Waals surface area contributed by atoms with Crippen LogP contribution in [0.3, 0.4) is 0 Å². The van der Waals surface area contributed by atoms with Gasteiger partial charge in [0.15, 0.2) is 0 Å². The predicted molar refractivity (Wildman–Crippen MR) is 290 cm³/mol. The van der Waals surface area contributed by atoms with E-state index in [4.69, 9.17) is 28.8 Å². The molecule has 0 bridgehead atoms. The maximum atomic E-state index is 16.4. The van der Waals surface area contributed by atoms with Crippen molar-refractivity contribution >= 4 is 33.0 Å². The van der Waals surface area contributed by atoms with Crippen LogP contribution in [0.1, 0.15) is 95.4 Å². The van der Waals surface area contributed by atoms with Gasteiger partial charge in [-0.3, -0.25) is 4.21 Å². The number of tetrazole rings is 1. The van der Waals surface area contributed by atoms with Crippen LogP contribution in [0.2, 0.25) is 0 Å². The minimum absolute atomic E-state index is 0.0214. The van der Waals surface area contributed by atoms with Gasteiger partial charge in [-0.25, -0.2) is 18.0 Å². The molecule has 404 valence electrons. The second-order valence-electron chi connectivity index (χ2n) is 21.1. The van der Waals surface area contributed by atoms with E-state index < -0.39 is 43.4 Å². The van der Waals surface area contributed by atoms with Gasteiger partial charge >= 0.3 is 12.2 Å². The predicted octanol–water partition coefficient (Wildman–Crippen LogP) is 10.1. The summed E-state index contributed by atoms with van der Waals surface area (Å²) in [5, 5.41) is 13.5. The summed E-state index contributed by atoms with van der Waals surface area (Å²) < 4.78 is 77.2. The fourth-order valence-corrected chi connectivity index (χ4v) is 13.1. The molecule has 5 aromatic carbocycles. The number of hydrogen-bond donors (Lipinski definition) is 0. The third kappa shape index (κ3) is 13.6. The Morgan fingerprint density at radius 3 is 1.55 bits per heavy atom. The molecule has 0 radical (unpaired) electrons. The number of carbonyl (C=O) groups is 2. The molecule has 2 fully saturated rings. The fourth-order valence-electron chi connectivity index (χ4n) is 9.38. The van der Waals surface area contributed by atoms with Gasteiger partial charge in [0, 0.05) is 44.5 Å². The Kier molecular flexibility index (Phi) is 17.2. The van der Waals surface area contributed by atoms with Gasteiger partial charge in [-0.2, -0.15) is 9.10 Å². The largest absolute Gasteiger partial charge is 0.497 e. The maximum absolute atomic E-state index is 16.4. The number of carbonyl (C=O) groups excluding carboxylic acids is 2. The summed E-state index contributed by atoms with van der Waals surface area (Å²) in [4.78, 5) is 30.8. The Labute approximate surface area is 448 Å². The van der Waals surface area contributed by atoms with Crippen molar-refractivity contribution in [2.45, 2.75) is 119 Å². The van der Waals surface area contributed by atoms with E-state index in [0.29, 0.717) is 65.4 Å². The van der Waals surface area contributed by atoms with Crippen LogP contribution in [0, 0.1) is 0 Å². The van der Waals surface area contributed by atoms with Crippen molar-refractivity contribution in [2.75, 3.05) is 47.5 Å². The Balaban J connectivity index is 1.26. The highest BCUT2D eigenvalue weighted by atomic mass is 32.2. The summed E-state index contributed by atoms with van der Waals surface area (Å²) in [6, 6.07) is 33.3. The second kappa shape index (κ2) is 23.6. The van der Waals surface area contributed by atoms with Crippen molar-refractivity contribution in [1.82, 2.24) is 34.3 Å². The molecular formula is C57H69N7O10S2. The molecule has 2 amide bonds. The van der Waals surface area contributed by atoms with Gasteiger partial charge in [0.2, 0.25) is 15.8 Å². The number of ether oxygens (including phenoxy) is 5. The number of hydrogen-bond acceptors (Lipinski definition) is 13. The van der Waals surface area contributed by atoms with Crippen LogP contribution >= 0.6 is 0 Å². The first-order valence-corrected chi connectivity index (χ1v) is 28.2. The summed E-state index contributed by atoms with van der Waals surface area (Å²) in [6.45, 7) is 12.7. The SMILES string of the molecule is COc1ccc(CN(Cc2ccc(OC)cc2)S(=O)(=O)c2c(S(=O)C3CCN(C(=O)OC(C)(C)C)CC3)ccc(-c3ccc(C4CCN(C(=O)OC(C)(C)C)CC4)cc3)c2-c2nnn(Cc3ccc(OC)cc3)n2)cc1. The summed E-state index contributed by atoms with van der Waals surface area (Å²) in [7, 11) is -1.89. The number of nitrogens with zero attached hydrogens (tertiary/aromatic N) is 7. The van der Waals surface area contributed by atoms with E-state index in [9.17, 15) is 9.59 Å². The van der Waals surface area contributed by atoms with Crippen molar-refractivity contribution in [3.63, 3.8) is 0 Å². The van der Waals surface area contributed by atoms with Gasteiger partial charge in [0.05, 0.1) is 49.1 Å². The van der Waals surface area contributed by atoms with Crippen LogP contribution in [-0.2, 0) is 49.9 Å². The van der Waals surface area contributed by atoms with E-state index in [0.717, 1.165) is 24.0 Å². The monoisotopic (exact) mass is 1080 g/mol. The zero-order chi connectivity index (χ0) is 54.4. The standard InChI is InChI=1S/C57H69N7O10S2/c1-56(2,3)73-54(65)61-32-28-43(29-33-61)42-16-18-44(19-17-42)49-26-27-50(75(67)48-30-34-62(35-31-48)55(66)74-57(4,5)6)52(51(49)53-58-60-64(59-53)38-41-14-24-47(72-9)25-15-41)76(68,69)63(36-39-10-20-45(70-7)21-11-39)37-40-12-22-46(71-8)23-13-40/h10-27,43,48H,28-38H2,1-9H3. The lowest BCUT2D eigenvalue weighted by Crippen LogP contribution is -2.44. The van der Waals surface area contributed by atoms with Gasteiger partial charge in [-0.05, 0) is 154 Å². The highest BCUT2D eigenvalue weighted by Gasteiger charge is 2.39. The molecule has 1 atom stereocenters. The molecule has 0 N–H and O–H groups in total. The molecule has 6 aromatic rings. The summed E-state index contributed by atoms with van der Waals surface area (Å²) in [6.07, 6.45) is 1.36. The van der Waals surface area contributed by atoms with E-state index in [1.165, 1.54) is 9.10 Å². The van der Waals surface area contributed by atoms with Crippen LogP contribution in [0.4, 0.5) is 9.59 Å². The average molecular weight is 1080 g/mol. The van der Waals surface area contributed by atoms with Crippen LogP contribution in [0.25, 0.3) is 22.5 Å². The lowest BCUT2D eigenvalue weighted by atomic mass is 9.88. The van der Waals surface area contributed by atoms with Crippen LogP contribution in [-0.4, -0.2) is 123 Å². The number of aromatic nitrogens is 4. The number of piperidine rings is 2. The second-order valence-corrected chi connectivity index (χ2v) is 24.7. The van der Waals surface area contributed by atoms with Crippen molar-refractivity contribution in [3.8, 4) is 39.8 Å². The maximum Gasteiger partial charge on any atom is 0.410 e. The van der Waals surface area contributed by atoms with Gasteiger partial charge in [0.25, 0.3) is 0 Å². The highest BCUT2D eigenvalue weighted by Crippen LogP contribution is 2.43. The van der Waals surface area contributed by atoms with Crippen LogP contribution in [0.15, 0.2) is 119 Å². The molecule has 19 heteroatoms. The summed E-state index contributed by atoms with van der Waals surface area (Å²) in [5.41, 5.74) is 3.30. The summed E-state index contributed by atoms with van der Waals surface area (Å²) in [5.74, 6) is 2.09. The molecule has 2 aliphatic heterocycles. The first-order chi connectivity index (χ1) is 36.2. The van der Waals surface area contributed by atoms with Crippen molar-refractivity contribution in [2.24, 2.45) is 0 Å². The van der Waals surface area contributed by atoms with E-state index in [2.05, 4.69) is 10.3 Å². The molecule has 0 saturated carbocycles. The van der Waals surface area contributed by atoms with Crippen LogP contribution < -0.4 is 14.2 Å². The quantitative estimate of drug-likeness (QED) is 0.0893. The number of rotatable bonds is 16. The number of amides is 2. The minimum Gasteiger partial charge on any atom is -0.497 e. The lowest BCUT2D eigenvalue weighted by Gasteiger charge is -2.33. The number of likely N-dealkylation sites (tertiary alicyclic amines) is 2. The molecule has 1 unspecified atom stereocenters. The molecule has 17 nitrogen and oxygen atoms in total. The van der Waals surface area contributed by atoms with Crippen molar-refractivity contribution in [3.05, 3.63) is 131 Å². The third-order valence-electron chi connectivity index (χ3n) is 13.4. The topological polar surface area (TPSA) is 185 Å². The van der Waals surface area contributed by atoms with E-state index >= 15 is 12.6 Å². The van der Waals surface area contributed by atoms with Gasteiger partial charge in [-0.15, -0.1) is 10.2 Å². The molecular weight excluding hydrogens is 1010 g/mol. The van der Waals surface area contributed by atoms with E-state index in [-0.39, 0.29) is 65.9 Å². The molecule has 0 aliphatic carbocycles. The minimum atomic E-state index is -4.68. The molecule has 0 spiro atoms. The Hall–Kier alpha value is -6.83. The number of methoxy groups -OCH3 is 3. The smallest absolute Gasteiger partial charge is 0.410 e. The van der Waals surface area contributed by atoms with Gasteiger partial charge in [0.1, 0.15) is 33.3 Å². The van der Waals surface area contributed by atoms with Gasteiger partial charge < -0.3 is 33.5 Å². The molecule has 8 rings (SSSR count). The zero-order valence-electron chi connectivity index (χ0n) is 44.9. The van der Waals surface area contributed by atoms with Crippen molar-refractivity contribution in [1.29, 1.82) is 0 Å². The highest BCUT2D eigenvalue weighted by molar-refractivity contribution is 7.91. The fraction of sp³-hybridized carbons (Fsp3) is 0.421. The van der Waals surface area contributed by atoms with E-state index in [1.54, 1.807) is 67.5 Å². The third-order valence-corrected chi connectivity index (χ3v) is 17.2. The molecule has 2 saturated heterocycles. The molecule has 1 aromatic heterocycles. The molecule has 76 heavy (non-hydrogen) atoms. The lowest BCUT2D eigenvalue weighted by molar-refractivity contribution is 0.0199. The summed E-state index contributed by atoms with van der Waals surface area (Å²) >= 11 is 0. The Morgan fingerprint density at radius 2 is 1.09 bits per heavy atom. The van der Waals surface area contributed by atoms with Gasteiger partial charge in [-0.1, -0.05) is 66.7 Å². The zero-order valence-corrected chi connectivity index (χ0v) is 46.5. The molecule has 2 aliphatic rings. The molecule has 3 heterocycles. The van der Waals surface area contributed by atoms with Crippen LogP contribution in [0.5, 0.6) is 17.2 Å². The first kappa shape index (κ1) is 55.4. The number of sulfonamides is 1.